The van der Waals surface area contributed by atoms with Crippen molar-refractivity contribution >= 4 is 11.6 Å². The predicted molar refractivity (Wildman–Crippen MR) is 82.0 cm³/mol. The Balaban J connectivity index is 2.50. The molecule has 0 radical (unpaired) electrons. The molecule has 2 aromatic rings. The number of hydrogen-bond donors (Lipinski definition) is 2. The van der Waals surface area contributed by atoms with Crippen LogP contribution in [0.4, 0.5) is 13.2 Å². The van der Waals surface area contributed by atoms with Gasteiger partial charge in [-0.2, -0.15) is 13.2 Å². The fraction of sp³-hybridized carbons (Fsp3) is 0.429. The van der Waals surface area contributed by atoms with Crippen molar-refractivity contribution < 1.29 is 28.1 Å². The molecule has 2 rings (SSSR count). The van der Waals surface area contributed by atoms with Crippen molar-refractivity contribution in [2.24, 2.45) is 0 Å². The van der Waals surface area contributed by atoms with Gasteiger partial charge in [0.2, 0.25) is 0 Å². The highest BCUT2D eigenvalue weighted by Gasteiger charge is 2.39. The summed E-state index contributed by atoms with van der Waals surface area (Å²) in [4.78, 5) is 12.3. The van der Waals surface area contributed by atoms with E-state index in [2.05, 4.69) is 9.84 Å². The van der Waals surface area contributed by atoms with Crippen molar-refractivity contribution in [1.82, 2.24) is 14.3 Å². The number of aliphatic hydroxyl groups excluding tert-OH is 2. The molecule has 0 saturated carbocycles. The zero-order chi connectivity index (χ0) is 18.8. The molecular formula is C14H15ClF3N3O4. The van der Waals surface area contributed by atoms with E-state index in [1.807, 2.05) is 0 Å². The second kappa shape index (κ2) is 7.56. The molecule has 0 fully saturated rings. The summed E-state index contributed by atoms with van der Waals surface area (Å²) in [6, 6.07) is 5.90. The molecule has 0 bridgehead atoms. The first-order valence-electron chi connectivity index (χ1n) is 7.02. The van der Waals surface area contributed by atoms with Gasteiger partial charge < -0.3 is 14.9 Å². The summed E-state index contributed by atoms with van der Waals surface area (Å²) >= 11 is 5.77. The van der Waals surface area contributed by atoms with E-state index in [0.29, 0.717) is 15.2 Å². The number of ether oxygens (including phenoxy) is 1. The van der Waals surface area contributed by atoms with E-state index in [1.54, 1.807) is 0 Å². The highest BCUT2D eigenvalue weighted by Crippen LogP contribution is 2.24. The number of aromatic nitrogens is 3. The van der Waals surface area contributed by atoms with E-state index in [1.165, 1.54) is 31.4 Å². The van der Waals surface area contributed by atoms with Gasteiger partial charge in [-0.1, -0.05) is 11.6 Å². The average molecular weight is 382 g/mol. The van der Waals surface area contributed by atoms with Crippen molar-refractivity contribution in [1.29, 1.82) is 0 Å². The van der Waals surface area contributed by atoms with Crippen LogP contribution < -0.4 is 5.69 Å². The number of halogens is 4. The van der Waals surface area contributed by atoms with Crippen LogP contribution in [0.5, 0.6) is 0 Å². The zero-order valence-corrected chi connectivity index (χ0v) is 13.7. The predicted octanol–water partition coefficient (Wildman–Crippen LogP) is 1.25. The molecule has 2 atom stereocenters. The van der Waals surface area contributed by atoms with E-state index in [-0.39, 0.29) is 12.4 Å². The lowest BCUT2D eigenvalue weighted by Crippen LogP contribution is -2.37. The van der Waals surface area contributed by atoms with Crippen molar-refractivity contribution in [3.63, 3.8) is 0 Å². The van der Waals surface area contributed by atoms with Crippen molar-refractivity contribution in [3.8, 4) is 11.4 Å². The maximum atomic E-state index is 12.7. The summed E-state index contributed by atoms with van der Waals surface area (Å²) in [6.07, 6.45) is -9.02. The normalized spacial score (nSPS) is 14.5. The third kappa shape index (κ3) is 4.60. The van der Waals surface area contributed by atoms with Gasteiger partial charge in [-0.25, -0.2) is 9.48 Å². The molecule has 25 heavy (non-hydrogen) atoms. The largest absolute Gasteiger partial charge is 0.416 e. The Kier molecular flexibility index (Phi) is 5.88. The van der Waals surface area contributed by atoms with Crippen molar-refractivity contribution in [3.05, 3.63) is 39.8 Å². The molecule has 0 aliphatic carbocycles. The van der Waals surface area contributed by atoms with Gasteiger partial charge in [-0.05, 0) is 24.3 Å². The molecule has 11 heteroatoms. The van der Waals surface area contributed by atoms with Crippen LogP contribution in [0.2, 0.25) is 5.02 Å². The molecule has 0 spiro atoms. The summed E-state index contributed by atoms with van der Waals surface area (Å²) < 4.78 is 44.0. The quantitative estimate of drug-likeness (QED) is 0.735. The lowest BCUT2D eigenvalue weighted by Gasteiger charge is -2.15. The number of hydrogen-bond acceptors (Lipinski definition) is 5. The zero-order valence-electron chi connectivity index (χ0n) is 12.9. The van der Waals surface area contributed by atoms with Gasteiger partial charge in [0, 0.05) is 17.7 Å². The molecule has 1 aromatic heterocycles. The first-order chi connectivity index (χ1) is 11.6. The van der Waals surface area contributed by atoms with Crippen LogP contribution >= 0.6 is 11.6 Å². The molecule has 1 heterocycles. The Morgan fingerprint density at radius 1 is 1.24 bits per heavy atom. The minimum Gasteiger partial charge on any atom is -0.382 e. The number of alkyl halides is 3. The second-order valence-electron chi connectivity index (χ2n) is 5.15. The van der Waals surface area contributed by atoms with Gasteiger partial charge >= 0.3 is 11.9 Å². The van der Waals surface area contributed by atoms with Crippen LogP contribution in [0.3, 0.4) is 0 Å². The van der Waals surface area contributed by atoms with Crippen LogP contribution in [-0.2, 0) is 17.8 Å². The van der Waals surface area contributed by atoms with Crippen molar-refractivity contribution in [2.75, 3.05) is 7.11 Å². The number of nitrogens with zero attached hydrogens (tertiary/aromatic N) is 3. The van der Waals surface area contributed by atoms with Crippen LogP contribution in [0, 0.1) is 0 Å². The standard InChI is InChI=1S/C14H15ClF3N3O4/c1-25-11(23)7-21-13(24)20(6-10(22)14(16,17)18)12(19-21)8-2-4-9(15)5-3-8/h2-5,10-11,22-23H,6-7H2,1H3/t10-,11?/m0/s1. The van der Waals surface area contributed by atoms with E-state index in [4.69, 9.17) is 11.6 Å². The molecular weight excluding hydrogens is 367 g/mol. The molecule has 1 unspecified atom stereocenters. The van der Waals surface area contributed by atoms with Gasteiger partial charge in [0.25, 0.3) is 0 Å². The Hall–Kier alpha value is -1.88. The van der Waals surface area contributed by atoms with Crippen LogP contribution in [0.15, 0.2) is 29.1 Å². The van der Waals surface area contributed by atoms with Gasteiger partial charge in [-0.3, -0.25) is 4.57 Å². The smallest absolute Gasteiger partial charge is 0.382 e. The maximum absolute atomic E-state index is 12.7. The molecule has 2 N–H and O–H groups in total. The maximum Gasteiger partial charge on any atom is 0.416 e. The highest BCUT2D eigenvalue weighted by atomic mass is 35.5. The fourth-order valence-electron chi connectivity index (χ4n) is 2.04. The molecule has 138 valence electrons. The molecule has 0 amide bonds. The van der Waals surface area contributed by atoms with E-state index < -0.39 is 30.8 Å². The number of benzene rings is 1. The Morgan fingerprint density at radius 3 is 2.36 bits per heavy atom. The third-order valence-electron chi connectivity index (χ3n) is 3.36. The van der Waals surface area contributed by atoms with Crippen LogP contribution in [-0.4, -0.2) is 50.2 Å². The van der Waals surface area contributed by atoms with E-state index in [0.717, 1.165) is 4.68 Å². The highest BCUT2D eigenvalue weighted by molar-refractivity contribution is 6.30. The minimum absolute atomic E-state index is 0.103. The third-order valence-corrected chi connectivity index (χ3v) is 3.61. The first kappa shape index (κ1) is 19.4. The van der Waals surface area contributed by atoms with Crippen molar-refractivity contribution in [2.45, 2.75) is 31.7 Å². The monoisotopic (exact) mass is 381 g/mol. The van der Waals surface area contributed by atoms with Gasteiger partial charge in [0.05, 0.1) is 13.1 Å². The molecule has 0 saturated heterocycles. The number of rotatable bonds is 6. The van der Waals surface area contributed by atoms with E-state index in [9.17, 15) is 28.2 Å². The molecule has 0 aliphatic rings. The average Bonchev–Trinajstić information content (AvgIpc) is 2.84. The molecule has 1 aromatic carbocycles. The van der Waals surface area contributed by atoms with Gasteiger partial charge in [-0.15, -0.1) is 5.10 Å². The fourth-order valence-corrected chi connectivity index (χ4v) is 2.16. The van der Waals surface area contributed by atoms with Crippen LogP contribution in [0.25, 0.3) is 11.4 Å². The summed E-state index contributed by atoms with van der Waals surface area (Å²) in [7, 11) is 1.19. The topological polar surface area (TPSA) is 89.5 Å². The Labute approximate surface area is 144 Å². The Bertz CT molecular complexity index is 773. The number of methoxy groups -OCH3 is 1. The van der Waals surface area contributed by atoms with E-state index >= 15 is 0 Å². The second-order valence-corrected chi connectivity index (χ2v) is 5.59. The summed E-state index contributed by atoms with van der Waals surface area (Å²) in [5.41, 5.74) is -0.606. The first-order valence-corrected chi connectivity index (χ1v) is 7.40. The Morgan fingerprint density at radius 2 is 1.84 bits per heavy atom. The minimum atomic E-state index is -4.90. The van der Waals surface area contributed by atoms with Gasteiger partial charge in [0.1, 0.15) is 0 Å². The number of aliphatic hydroxyl groups is 2. The lowest BCUT2D eigenvalue weighted by molar-refractivity contribution is -0.207. The SMILES string of the molecule is COC(O)Cn1nc(-c2ccc(Cl)cc2)n(C[C@H](O)C(F)(F)F)c1=O. The van der Waals surface area contributed by atoms with Crippen LogP contribution in [0.1, 0.15) is 0 Å². The molecule has 7 nitrogen and oxygen atoms in total. The van der Waals surface area contributed by atoms with Gasteiger partial charge in [0.15, 0.2) is 18.2 Å². The summed E-state index contributed by atoms with van der Waals surface area (Å²) in [5.74, 6) is -0.103. The molecule has 0 aliphatic heterocycles. The summed E-state index contributed by atoms with van der Waals surface area (Å²) in [5, 5.41) is 23.1. The lowest BCUT2D eigenvalue weighted by atomic mass is 10.2. The summed E-state index contributed by atoms with van der Waals surface area (Å²) in [6.45, 7) is -1.42.